The standard InChI is InChI=1S/C23H23F3N3O/c24-23(25,26)30-19-9-10-21(27)20(16-19)22-15-18(11-12-28-22)29(13-5-2-6-14-29)17-7-3-1-4-8-17/h1,3-4,7-12,15-16H,2,5-6,13-14,27H2/q+1. The number of halogens is 3. The van der Waals surface area contributed by atoms with Crippen LogP contribution >= 0.6 is 0 Å². The molecule has 30 heavy (non-hydrogen) atoms. The van der Waals surface area contributed by atoms with E-state index in [1.54, 1.807) is 6.20 Å². The number of pyridine rings is 1. The maximum Gasteiger partial charge on any atom is 0.573 e. The van der Waals surface area contributed by atoms with Crippen molar-refractivity contribution in [2.24, 2.45) is 0 Å². The molecule has 0 aliphatic carbocycles. The lowest BCUT2D eigenvalue weighted by atomic mass is 10.0. The van der Waals surface area contributed by atoms with E-state index in [4.69, 9.17) is 5.73 Å². The molecule has 3 aromatic rings. The molecule has 1 aliphatic heterocycles. The molecule has 1 aliphatic rings. The summed E-state index contributed by atoms with van der Waals surface area (Å²) in [4.78, 5) is 4.40. The molecule has 0 saturated carbocycles. The third-order valence-corrected chi connectivity index (χ3v) is 5.60. The number of quaternary nitrogens is 1. The molecule has 1 fully saturated rings. The molecule has 0 spiro atoms. The predicted molar refractivity (Wildman–Crippen MR) is 112 cm³/mol. The maximum atomic E-state index is 12.6. The largest absolute Gasteiger partial charge is 0.573 e. The van der Waals surface area contributed by atoms with Gasteiger partial charge in [0.2, 0.25) is 0 Å². The summed E-state index contributed by atoms with van der Waals surface area (Å²) < 4.78 is 42.7. The van der Waals surface area contributed by atoms with Crippen molar-refractivity contribution in [1.82, 2.24) is 9.47 Å². The molecule has 0 unspecified atom stereocenters. The SMILES string of the molecule is Nc1ccc(OC(F)(F)F)cc1-c1cc([N+]2(c3ccccc3)CCCCC2)ccn1. The van der Waals surface area contributed by atoms with Crippen LogP contribution in [0.4, 0.5) is 30.2 Å². The van der Waals surface area contributed by atoms with Crippen LogP contribution in [0, 0.1) is 0 Å². The molecule has 0 amide bonds. The number of hydrogen-bond acceptors (Lipinski definition) is 3. The molecule has 1 aromatic heterocycles. The van der Waals surface area contributed by atoms with E-state index in [0.717, 1.165) is 31.6 Å². The molecule has 0 bridgehead atoms. The molecule has 0 atom stereocenters. The Morgan fingerprint density at radius 3 is 2.30 bits per heavy atom. The van der Waals surface area contributed by atoms with Crippen LogP contribution in [0.5, 0.6) is 5.75 Å². The van der Waals surface area contributed by atoms with Crippen molar-refractivity contribution in [3.8, 4) is 17.0 Å². The van der Waals surface area contributed by atoms with Crippen molar-refractivity contribution in [2.45, 2.75) is 25.6 Å². The number of hydrogen-bond donors (Lipinski definition) is 1. The van der Waals surface area contributed by atoms with Gasteiger partial charge in [-0.15, -0.1) is 13.2 Å². The number of alkyl halides is 3. The van der Waals surface area contributed by atoms with E-state index in [0.29, 0.717) is 21.4 Å². The molecule has 7 heteroatoms. The van der Waals surface area contributed by atoms with Crippen molar-refractivity contribution in [3.63, 3.8) is 0 Å². The lowest BCUT2D eigenvalue weighted by molar-refractivity contribution is -0.274. The lowest BCUT2D eigenvalue weighted by Gasteiger charge is -2.40. The third kappa shape index (κ3) is 4.11. The van der Waals surface area contributed by atoms with E-state index >= 15 is 0 Å². The van der Waals surface area contributed by atoms with E-state index in [9.17, 15) is 13.2 Å². The summed E-state index contributed by atoms with van der Waals surface area (Å²) in [7, 11) is 0. The second-order valence-corrected chi connectivity index (χ2v) is 7.51. The molecular weight excluding hydrogens is 391 g/mol. The fraction of sp³-hybridized carbons (Fsp3) is 0.261. The van der Waals surface area contributed by atoms with Crippen LogP contribution in [-0.2, 0) is 0 Å². The number of benzene rings is 2. The summed E-state index contributed by atoms with van der Waals surface area (Å²) in [6.07, 6.45) is 0.319. The Hall–Kier alpha value is -3.06. The summed E-state index contributed by atoms with van der Waals surface area (Å²) >= 11 is 0. The third-order valence-electron chi connectivity index (χ3n) is 5.60. The van der Waals surface area contributed by atoms with Crippen LogP contribution in [0.2, 0.25) is 0 Å². The number of para-hydroxylation sites is 1. The smallest absolute Gasteiger partial charge is 0.406 e. The highest BCUT2D eigenvalue weighted by Crippen LogP contribution is 2.40. The van der Waals surface area contributed by atoms with Gasteiger partial charge in [-0.3, -0.25) is 9.47 Å². The normalized spacial score (nSPS) is 16.2. The molecule has 2 aromatic carbocycles. The first kappa shape index (κ1) is 20.2. The van der Waals surface area contributed by atoms with Crippen LogP contribution in [-0.4, -0.2) is 24.4 Å². The van der Waals surface area contributed by atoms with Gasteiger partial charge in [-0.25, -0.2) is 0 Å². The zero-order chi connectivity index (χ0) is 21.2. The Bertz CT molecular complexity index is 1020. The van der Waals surface area contributed by atoms with Crippen molar-refractivity contribution < 1.29 is 17.9 Å². The number of aromatic nitrogens is 1. The van der Waals surface area contributed by atoms with Gasteiger partial charge < -0.3 is 10.5 Å². The first-order chi connectivity index (χ1) is 14.4. The second kappa shape index (κ2) is 7.99. The van der Waals surface area contributed by atoms with Crippen molar-refractivity contribution in [2.75, 3.05) is 18.8 Å². The first-order valence-corrected chi connectivity index (χ1v) is 9.92. The highest BCUT2D eigenvalue weighted by atomic mass is 19.4. The highest BCUT2D eigenvalue weighted by molar-refractivity contribution is 5.77. The Morgan fingerprint density at radius 1 is 0.867 bits per heavy atom. The molecule has 156 valence electrons. The molecule has 1 saturated heterocycles. The number of anilines is 1. The van der Waals surface area contributed by atoms with Gasteiger partial charge in [0.05, 0.1) is 18.8 Å². The van der Waals surface area contributed by atoms with Crippen LogP contribution in [0.15, 0.2) is 66.9 Å². The Morgan fingerprint density at radius 2 is 1.60 bits per heavy atom. The quantitative estimate of drug-likeness (QED) is 0.417. The Balaban J connectivity index is 1.78. The summed E-state index contributed by atoms with van der Waals surface area (Å²) in [5.41, 5.74) is 9.61. The number of nitrogens with two attached hydrogens (primary N) is 1. The van der Waals surface area contributed by atoms with Gasteiger partial charge in [-0.05, 0) is 49.6 Å². The van der Waals surface area contributed by atoms with Gasteiger partial charge in [0, 0.05) is 29.6 Å². The van der Waals surface area contributed by atoms with E-state index in [2.05, 4.69) is 21.9 Å². The first-order valence-electron chi connectivity index (χ1n) is 9.92. The molecular formula is C23H23F3N3O+. The number of nitrogens with zero attached hydrogens (tertiary/aromatic N) is 2. The van der Waals surface area contributed by atoms with Gasteiger partial charge in [0.15, 0.2) is 0 Å². The fourth-order valence-corrected chi connectivity index (χ4v) is 4.22. The molecule has 4 rings (SSSR count). The van der Waals surface area contributed by atoms with Crippen LogP contribution in [0.25, 0.3) is 11.3 Å². The van der Waals surface area contributed by atoms with E-state index in [1.165, 1.54) is 30.3 Å². The van der Waals surface area contributed by atoms with Crippen LogP contribution in [0.3, 0.4) is 0 Å². The Labute approximate surface area is 173 Å². The number of nitrogen functional groups attached to an aromatic ring is 1. The second-order valence-electron chi connectivity index (χ2n) is 7.51. The predicted octanol–water partition coefficient (Wildman–Crippen LogP) is 6.05. The minimum Gasteiger partial charge on any atom is -0.406 e. The number of piperidine rings is 1. The lowest BCUT2D eigenvalue weighted by Crippen LogP contribution is -2.48. The van der Waals surface area contributed by atoms with Crippen molar-refractivity contribution in [3.05, 3.63) is 66.9 Å². The van der Waals surface area contributed by atoms with E-state index in [-0.39, 0.29) is 5.75 Å². The molecule has 0 radical (unpaired) electrons. The topological polar surface area (TPSA) is 48.1 Å². The zero-order valence-corrected chi connectivity index (χ0v) is 16.4. The van der Waals surface area contributed by atoms with Crippen LogP contribution < -0.4 is 15.0 Å². The van der Waals surface area contributed by atoms with Gasteiger partial charge in [-0.2, -0.15) is 0 Å². The Kier molecular flexibility index (Phi) is 5.39. The van der Waals surface area contributed by atoms with Gasteiger partial charge in [0.1, 0.15) is 17.1 Å². The average molecular weight is 414 g/mol. The molecule has 4 nitrogen and oxygen atoms in total. The van der Waals surface area contributed by atoms with E-state index < -0.39 is 6.36 Å². The summed E-state index contributed by atoms with van der Waals surface area (Å²) in [5.74, 6) is -0.316. The highest BCUT2D eigenvalue weighted by Gasteiger charge is 2.35. The summed E-state index contributed by atoms with van der Waals surface area (Å²) in [6.45, 7) is 1.92. The van der Waals surface area contributed by atoms with Crippen molar-refractivity contribution >= 4 is 17.1 Å². The number of ether oxygens (including phenoxy) is 1. The zero-order valence-electron chi connectivity index (χ0n) is 16.4. The van der Waals surface area contributed by atoms with Gasteiger partial charge in [-0.1, -0.05) is 18.2 Å². The van der Waals surface area contributed by atoms with E-state index in [1.807, 2.05) is 30.3 Å². The fourth-order valence-electron chi connectivity index (χ4n) is 4.22. The monoisotopic (exact) mass is 414 g/mol. The number of rotatable bonds is 4. The maximum absolute atomic E-state index is 12.6. The molecule has 2 heterocycles. The van der Waals surface area contributed by atoms with Crippen molar-refractivity contribution in [1.29, 1.82) is 0 Å². The summed E-state index contributed by atoms with van der Waals surface area (Å²) in [5, 5.41) is 0. The molecule has 2 N–H and O–H groups in total. The minimum atomic E-state index is -4.76. The minimum absolute atomic E-state index is 0.316. The van der Waals surface area contributed by atoms with Gasteiger partial charge in [0.25, 0.3) is 0 Å². The van der Waals surface area contributed by atoms with Gasteiger partial charge >= 0.3 is 6.36 Å². The summed E-state index contributed by atoms with van der Waals surface area (Å²) in [6, 6.07) is 18.1. The average Bonchev–Trinajstić information content (AvgIpc) is 2.75. The van der Waals surface area contributed by atoms with Crippen LogP contribution in [0.1, 0.15) is 19.3 Å².